The van der Waals surface area contributed by atoms with E-state index in [0.29, 0.717) is 74.0 Å². The summed E-state index contributed by atoms with van der Waals surface area (Å²) in [4.78, 5) is 46.2. The summed E-state index contributed by atoms with van der Waals surface area (Å²) >= 11 is 6.62. The molecule has 7 nitrogen and oxygen atoms in total. The van der Waals surface area contributed by atoms with Gasteiger partial charge < -0.3 is 14.5 Å². The van der Waals surface area contributed by atoms with E-state index in [0.717, 1.165) is 19.3 Å². The molecule has 2 fully saturated rings. The molecule has 182 valence electrons. The molecule has 0 unspecified atom stereocenters. The zero-order valence-corrected chi connectivity index (χ0v) is 21.0. The summed E-state index contributed by atoms with van der Waals surface area (Å²) in [5.74, 6) is 0.427. The summed E-state index contributed by atoms with van der Waals surface area (Å²) in [6, 6.07) is 1.72. The first-order valence-corrected chi connectivity index (χ1v) is 12.4. The van der Waals surface area contributed by atoms with Gasteiger partial charge >= 0.3 is 5.97 Å². The first-order chi connectivity index (χ1) is 15.6. The number of pyridine rings is 1. The van der Waals surface area contributed by atoms with Crippen molar-refractivity contribution in [3.63, 3.8) is 0 Å². The smallest absolute Gasteiger partial charge is 0.309 e. The maximum absolute atomic E-state index is 12.9. The highest BCUT2D eigenvalue weighted by atomic mass is 35.5. The minimum absolute atomic E-state index is 0.0167. The van der Waals surface area contributed by atoms with Gasteiger partial charge in [0.25, 0.3) is 0 Å². The number of carbonyl (C=O) groups excluding carboxylic acids is 3. The lowest BCUT2D eigenvalue weighted by Crippen LogP contribution is -2.39. The van der Waals surface area contributed by atoms with Gasteiger partial charge in [0.1, 0.15) is 11.4 Å². The van der Waals surface area contributed by atoms with Crippen LogP contribution in [0.1, 0.15) is 88.7 Å². The van der Waals surface area contributed by atoms with Crippen LogP contribution in [-0.4, -0.2) is 52.8 Å². The van der Waals surface area contributed by atoms with E-state index in [1.165, 1.54) is 0 Å². The fourth-order valence-corrected chi connectivity index (χ4v) is 4.61. The molecular weight excluding hydrogens is 442 g/mol. The van der Waals surface area contributed by atoms with Crippen molar-refractivity contribution in [3.8, 4) is 0 Å². The Hall–Kier alpha value is -2.15. The second-order valence-electron chi connectivity index (χ2n) is 10.0. The standard InChI is InChI=1S/C25H36ClN3O4/c1-5-6-8-21(30)18-15-19(26)23(27-20(18)16-29-12-7-9-22(29)31)28-13-10-17(11-14-28)24(32)33-25(2,3)4/h15,17H,5-14,16H2,1-4H3. The molecule has 3 heterocycles. The third kappa shape index (κ3) is 6.69. The van der Waals surface area contributed by atoms with Crippen molar-refractivity contribution in [2.75, 3.05) is 24.5 Å². The number of halogens is 1. The molecule has 1 aromatic heterocycles. The van der Waals surface area contributed by atoms with Crippen LogP contribution in [0, 0.1) is 5.92 Å². The number of hydrogen-bond acceptors (Lipinski definition) is 6. The van der Waals surface area contributed by atoms with Crippen molar-refractivity contribution >= 4 is 35.1 Å². The number of ketones is 1. The molecule has 0 bridgehead atoms. The van der Waals surface area contributed by atoms with E-state index >= 15 is 0 Å². The topological polar surface area (TPSA) is 79.8 Å². The van der Waals surface area contributed by atoms with Crippen LogP contribution in [0.3, 0.4) is 0 Å². The van der Waals surface area contributed by atoms with E-state index in [1.807, 2.05) is 27.7 Å². The van der Waals surface area contributed by atoms with Crippen molar-refractivity contribution in [1.82, 2.24) is 9.88 Å². The van der Waals surface area contributed by atoms with E-state index in [2.05, 4.69) is 4.90 Å². The minimum Gasteiger partial charge on any atom is -0.460 e. The van der Waals surface area contributed by atoms with Crippen LogP contribution in [-0.2, 0) is 20.9 Å². The molecule has 2 saturated heterocycles. The number of esters is 1. The average Bonchev–Trinajstić information content (AvgIpc) is 3.16. The number of hydrogen-bond donors (Lipinski definition) is 0. The van der Waals surface area contributed by atoms with Crippen LogP contribution >= 0.6 is 11.6 Å². The molecule has 0 N–H and O–H groups in total. The molecule has 0 aliphatic carbocycles. The van der Waals surface area contributed by atoms with Gasteiger partial charge in [0.05, 0.1) is 23.2 Å². The molecule has 2 aliphatic rings. The summed E-state index contributed by atoms with van der Waals surface area (Å²) in [6.45, 7) is 9.93. The molecule has 8 heteroatoms. The summed E-state index contributed by atoms with van der Waals surface area (Å²) in [7, 11) is 0. The van der Waals surface area contributed by atoms with Crippen LogP contribution < -0.4 is 4.90 Å². The van der Waals surface area contributed by atoms with Crippen molar-refractivity contribution in [1.29, 1.82) is 0 Å². The van der Waals surface area contributed by atoms with Gasteiger partial charge in [-0.2, -0.15) is 0 Å². The maximum Gasteiger partial charge on any atom is 0.309 e. The lowest BCUT2D eigenvalue weighted by Gasteiger charge is -2.34. The third-order valence-electron chi connectivity index (χ3n) is 6.14. The second kappa shape index (κ2) is 10.9. The fourth-order valence-electron chi connectivity index (χ4n) is 4.34. The van der Waals surface area contributed by atoms with Crippen molar-refractivity contribution < 1.29 is 19.1 Å². The molecular formula is C25H36ClN3O4. The van der Waals surface area contributed by atoms with E-state index in [1.54, 1.807) is 11.0 Å². The lowest BCUT2D eigenvalue weighted by atomic mass is 9.96. The molecule has 2 aliphatic heterocycles. The summed E-state index contributed by atoms with van der Waals surface area (Å²) in [5.41, 5.74) is 0.627. The number of likely N-dealkylation sites (tertiary alicyclic amines) is 1. The monoisotopic (exact) mass is 477 g/mol. The molecule has 0 radical (unpaired) electrons. The molecule has 0 atom stereocenters. The zero-order chi connectivity index (χ0) is 24.2. The average molecular weight is 478 g/mol. The Morgan fingerprint density at radius 1 is 1.21 bits per heavy atom. The van der Waals surface area contributed by atoms with Crippen LogP contribution in [0.25, 0.3) is 0 Å². The highest BCUT2D eigenvalue weighted by Crippen LogP contribution is 2.32. The van der Waals surface area contributed by atoms with Crippen molar-refractivity contribution in [3.05, 3.63) is 22.3 Å². The number of ether oxygens (including phenoxy) is 1. The first-order valence-electron chi connectivity index (χ1n) is 12.1. The number of unbranched alkanes of at least 4 members (excludes halogenated alkanes) is 1. The summed E-state index contributed by atoms with van der Waals surface area (Å²) in [6.07, 6.45) is 4.86. The van der Waals surface area contributed by atoms with Gasteiger partial charge in [0, 0.05) is 38.0 Å². The van der Waals surface area contributed by atoms with Crippen molar-refractivity contribution in [2.45, 2.75) is 84.8 Å². The van der Waals surface area contributed by atoms with E-state index in [-0.39, 0.29) is 23.6 Å². The molecule has 0 spiro atoms. The van der Waals surface area contributed by atoms with Gasteiger partial charge in [0.15, 0.2) is 5.78 Å². The highest BCUT2D eigenvalue weighted by molar-refractivity contribution is 6.33. The summed E-state index contributed by atoms with van der Waals surface area (Å²) < 4.78 is 5.55. The number of Topliss-reactive ketones (excluding diaryl/α,β-unsaturated/α-hetero) is 1. The Morgan fingerprint density at radius 2 is 1.91 bits per heavy atom. The van der Waals surface area contributed by atoms with Crippen LogP contribution in [0.2, 0.25) is 5.02 Å². The van der Waals surface area contributed by atoms with Crippen molar-refractivity contribution in [2.24, 2.45) is 5.92 Å². The molecule has 1 amide bonds. The molecule has 0 saturated carbocycles. The predicted octanol–water partition coefficient (Wildman–Crippen LogP) is 4.79. The Morgan fingerprint density at radius 3 is 2.48 bits per heavy atom. The zero-order valence-electron chi connectivity index (χ0n) is 20.3. The van der Waals surface area contributed by atoms with Gasteiger partial charge in [-0.15, -0.1) is 0 Å². The number of piperidine rings is 1. The molecule has 0 aromatic carbocycles. The molecule has 1 aromatic rings. The van der Waals surface area contributed by atoms with E-state index in [4.69, 9.17) is 21.3 Å². The normalized spacial score (nSPS) is 17.5. The SMILES string of the molecule is CCCCC(=O)c1cc(Cl)c(N2CCC(C(=O)OC(C)(C)C)CC2)nc1CN1CCCC1=O. The highest BCUT2D eigenvalue weighted by Gasteiger charge is 2.31. The fraction of sp³-hybridized carbons (Fsp3) is 0.680. The Labute approximate surface area is 201 Å². The quantitative estimate of drug-likeness (QED) is 0.395. The van der Waals surface area contributed by atoms with Gasteiger partial charge in [-0.1, -0.05) is 24.9 Å². The Kier molecular flexibility index (Phi) is 8.38. The predicted molar refractivity (Wildman–Crippen MR) is 129 cm³/mol. The largest absolute Gasteiger partial charge is 0.460 e. The number of anilines is 1. The number of amides is 1. The van der Waals surface area contributed by atoms with Gasteiger partial charge in [-0.3, -0.25) is 14.4 Å². The van der Waals surface area contributed by atoms with Gasteiger partial charge in [0.2, 0.25) is 5.91 Å². The van der Waals surface area contributed by atoms with Gasteiger partial charge in [-0.05, 0) is 52.5 Å². The Bertz CT molecular complexity index is 888. The number of rotatable bonds is 8. The second-order valence-corrected chi connectivity index (χ2v) is 10.4. The van der Waals surface area contributed by atoms with E-state index < -0.39 is 5.60 Å². The molecule has 3 rings (SSSR count). The first kappa shape index (κ1) is 25.5. The number of carbonyl (C=O) groups is 3. The van der Waals surface area contributed by atoms with Gasteiger partial charge in [-0.25, -0.2) is 4.98 Å². The van der Waals surface area contributed by atoms with Crippen LogP contribution in [0.15, 0.2) is 6.07 Å². The molecule has 33 heavy (non-hydrogen) atoms. The third-order valence-corrected chi connectivity index (χ3v) is 6.42. The van der Waals surface area contributed by atoms with E-state index in [9.17, 15) is 14.4 Å². The summed E-state index contributed by atoms with van der Waals surface area (Å²) in [5, 5.41) is 0.432. The minimum atomic E-state index is -0.499. The lowest BCUT2D eigenvalue weighted by molar-refractivity contribution is -0.160. The van der Waals surface area contributed by atoms with Crippen LogP contribution in [0.5, 0.6) is 0 Å². The number of aromatic nitrogens is 1. The Balaban J connectivity index is 1.79. The van der Waals surface area contributed by atoms with Crippen LogP contribution in [0.4, 0.5) is 5.82 Å². The number of nitrogens with zero attached hydrogens (tertiary/aromatic N) is 3. The maximum atomic E-state index is 12.9.